The largest absolute Gasteiger partial charge is 0.388 e. The van der Waals surface area contributed by atoms with E-state index >= 15 is 0 Å². The van der Waals surface area contributed by atoms with Crippen LogP contribution in [0, 0.1) is 5.82 Å². The van der Waals surface area contributed by atoms with Crippen LogP contribution < -0.4 is 16.4 Å². The maximum absolute atomic E-state index is 12.8. The molecule has 0 aromatic heterocycles. The Labute approximate surface area is 177 Å². The van der Waals surface area contributed by atoms with E-state index < -0.39 is 0 Å². The summed E-state index contributed by atoms with van der Waals surface area (Å²) in [6, 6.07) is 5.82. The van der Waals surface area contributed by atoms with Crippen molar-refractivity contribution < 1.29 is 32.9 Å². The van der Waals surface area contributed by atoms with E-state index in [1.54, 1.807) is 26.4 Å². The van der Waals surface area contributed by atoms with E-state index in [-0.39, 0.29) is 43.7 Å². The monoisotopic (exact) mass is 431 g/mol. The minimum atomic E-state index is -0.331. The molecular formula is C20H34FN3O6. The van der Waals surface area contributed by atoms with E-state index in [2.05, 4.69) is 15.4 Å². The molecule has 0 aliphatic heterocycles. The van der Waals surface area contributed by atoms with Crippen LogP contribution in [0.5, 0.6) is 0 Å². The molecule has 1 aromatic carbocycles. The molecule has 0 aliphatic rings. The molecule has 0 aliphatic carbocycles. The third-order valence-electron chi connectivity index (χ3n) is 3.33. The van der Waals surface area contributed by atoms with E-state index in [9.17, 15) is 14.0 Å². The molecule has 1 aromatic rings. The van der Waals surface area contributed by atoms with Gasteiger partial charge in [0.1, 0.15) is 5.82 Å². The van der Waals surface area contributed by atoms with Crippen LogP contribution in [-0.2, 0) is 35.1 Å². The number of methoxy groups -OCH3 is 1. The summed E-state index contributed by atoms with van der Waals surface area (Å²) in [5, 5.41) is 5.15. The number of ether oxygens (including phenoxy) is 4. The van der Waals surface area contributed by atoms with Crippen LogP contribution in [0.25, 0.3) is 0 Å². The number of amides is 2. The maximum Gasteiger partial charge on any atom is 0.239 e. The van der Waals surface area contributed by atoms with Crippen molar-refractivity contribution in [3.63, 3.8) is 0 Å². The van der Waals surface area contributed by atoms with Gasteiger partial charge in [-0.15, -0.1) is 0 Å². The maximum atomic E-state index is 12.8. The fourth-order valence-electron chi connectivity index (χ4n) is 1.92. The zero-order valence-electron chi connectivity index (χ0n) is 17.8. The third kappa shape index (κ3) is 18.0. The Morgan fingerprint density at radius 1 is 0.867 bits per heavy atom. The second-order valence-corrected chi connectivity index (χ2v) is 5.96. The first kappa shape index (κ1) is 27.9. The first-order valence-electron chi connectivity index (χ1n) is 9.64. The first-order valence-corrected chi connectivity index (χ1v) is 9.64. The van der Waals surface area contributed by atoms with Crippen LogP contribution in [0.1, 0.15) is 12.0 Å². The normalized spacial score (nSPS) is 10.1. The molecule has 0 radical (unpaired) electrons. The van der Waals surface area contributed by atoms with Gasteiger partial charge in [-0.1, -0.05) is 12.1 Å². The van der Waals surface area contributed by atoms with E-state index in [4.69, 9.17) is 19.9 Å². The average molecular weight is 432 g/mol. The van der Waals surface area contributed by atoms with E-state index in [0.29, 0.717) is 39.6 Å². The molecule has 0 spiro atoms. The molecule has 4 N–H and O–H groups in total. The second kappa shape index (κ2) is 20.2. The Bertz CT molecular complexity index is 560. The van der Waals surface area contributed by atoms with Gasteiger partial charge in [0.05, 0.1) is 46.2 Å². The van der Waals surface area contributed by atoms with Gasteiger partial charge in [0.2, 0.25) is 11.8 Å². The predicted molar refractivity (Wildman–Crippen MR) is 110 cm³/mol. The number of nitrogens with two attached hydrogens (primary N) is 1. The van der Waals surface area contributed by atoms with Gasteiger partial charge >= 0.3 is 0 Å². The lowest BCUT2D eigenvalue weighted by Crippen LogP contribution is -2.36. The van der Waals surface area contributed by atoms with Gasteiger partial charge in [0.25, 0.3) is 0 Å². The van der Waals surface area contributed by atoms with Crippen molar-refractivity contribution in [2.45, 2.75) is 13.0 Å². The highest BCUT2D eigenvalue weighted by Crippen LogP contribution is 2.01. The molecule has 30 heavy (non-hydrogen) atoms. The lowest BCUT2D eigenvalue weighted by molar-refractivity contribution is -0.126. The fourth-order valence-corrected chi connectivity index (χ4v) is 1.92. The number of hydrogen-bond acceptors (Lipinski definition) is 7. The summed E-state index contributed by atoms with van der Waals surface area (Å²) in [6.45, 7) is 3.15. The Balaban J connectivity index is 0.00000263. The Morgan fingerprint density at radius 3 is 1.97 bits per heavy atom. The summed E-state index contributed by atoms with van der Waals surface area (Å²) in [6.07, 6.45) is 0.158. The van der Waals surface area contributed by atoms with Gasteiger partial charge in [-0.25, -0.2) is 4.39 Å². The van der Waals surface area contributed by atoms with Crippen molar-refractivity contribution in [2.75, 3.05) is 67.0 Å². The van der Waals surface area contributed by atoms with E-state index in [1.807, 2.05) is 0 Å². The van der Waals surface area contributed by atoms with E-state index in [0.717, 1.165) is 5.56 Å². The molecule has 9 nitrogen and oxygen atoms in total. The van der Waals surface area contributed by atoms with Crippen molar-refractivity contribution in [1.82, 2.24) is 10.6 Å². The van der Waals surface area contributed by atoms with Crippen LogP contribution in [0.2, 0.25) is 0 Å². The smallest absolute Gasteiger partial charge is 0.239 e. The Morgan fingerprint density at radius 2 is 1.40 bits per heavy atom. The lowest BCUT2D eigenvalue weighted by atomic mass is 10.2. The lowest BCUT2D eigenvalue weighted by Gasteiger charge is -2.08. The molecule has 0 atom stereocenters. The third-order valence-corrected chi connectivity index (χ3v) is 3.33. The highest BCUT2D eigenvalue weighted by molar-refractivity contribution is 5.84. The van der Waals surface area contributed by atoms with Gasteiger partial charge in [0.15, 0.2) is 0 Å². The highest BCUT2D eigenvalue weighted by atomic mass is 19.1. The Hall–Kier alpha value is -2.11. The molecule has 0 unspecified atom stereocenters. The topological polar surface area (TPSA) is 121 Å². The quantitative estimate of drug-likeness (QED) is 0.340. The minimum Gasteiger partial charge on any atom is -0.388 e. The highest BCUT2D eigenvalue weighted by Gasteiger charge is 2.05. The Kier molecular flexibility index (Phi) is 18.8. The van der Waals surface area contributed by atoms with Crippen LogP contribution in [0.3, 0.4) is 0 Å². The summed E-state index contributed by atoms with van der Waals surface area (Å²) in [4.78, 5) is 23.3. The molecule has 0 saturated carbocycles. The molecule has 0 saturated heterocycles. The van der Waals surface area contributed by atoms with Crippen LogP contribution in [-0.4, -0.2) is 78.8 Å². The molecule has 0 heterocycles. The summed E-state index contributed by atoms with van der Waals surface area (Å²) in [5.74, 6) is -0.926. The van der Waals surface area contributed by atoms with Crippen LogP contribution in [0.4, 0.5) is 4.39 Å². The van der Waals surface area contributed by atoms with Crippen LogP contribution >= 0.6 is 0 Å². The standard InChI is InChI=1S/C18H28FN3O5.C2H6O/c19-16-3-1-15(2-4-16)13-21-18(24)14-22-17(23)5-7-25-9-11-27-12-10-26-8-6-20;1-3-2/h1-4H,5-14,20H2,(H,21,24)(H,22,23);1-2H3. The van der Waals surface area contributed by atoms with Gasteiger partial charge in [-0.2, -0.15) is 0 Å². The molecule has 0 fully saturated rings. The predicted octanol–water partition coefficient (Wildman–Crippen LogP) is 0.219. The van der Waals surface area contributed by atoms with Crippen molar-refractivity contribution in [2.24, 2.45) is 5.73 Å². The zero-order valence-corrected chi connectivity index (χ0v) is 17.8. The molecular weight excluding hydrogens is 397 g/mol. The molecule has 172 valence electrons. The molecule has 1 rings (SSSR count). The van der Waals surface area contributed by atoms with Gasteiger partial charge in [-0.3, -0.25) is 9.59 Å². The van der Waals surface area contributed by atoms with Crippen molar-refractivity contribution >= 4 is 11.8 Å². The van der Waals surface area contributed by atoms with Crippen molar-refractivity contribution in [3.05, 3.63) is 35.6 Å². The molecule has 10 heteroatoms. The zero-order chi connectivity index (χ0) is 22.5. The summed E-state index contributed by atoms with van der Waals surface area (Å²) < 4.78 is 32.7. The van der Waals surface area contributed by atoms with Gasteiger partial charge in [-0.05, 0) is 17.7 Å². The SMILES string of the molecule is COC.NCCOCCOCCOCCC(=O)NCC(=O)NCc1ccc(F)cc1. The number of carbonyl (C=O) groups excluding carboxylic acids is 2. The van der Waals surface area contributed by atoms with Crippen LogP contribution in [0.15, 0.2) is 24.3 Å². The number of halogens is 1. The van der Waals surface area contributed by atoms with Crippen molar-refractivity contribution in [3.8, 4) is 0 Å². The van der Waals surface area contributed by atoms with Gasteiger partial charge in [0, 0.05) is 33.7 Å². The number of rotatable bonds is 15. The van der Waals surface area contributed by atoms with Gasteiger partial charge < -0.3 is 35.3 Å². The summed E-state index contributed by atoms with van der Waals surface area (Å²) in [5.41, 5.74) is 6.05. The average Bonchev–Trinajstić information content (AvgIpc) is 2.73. The summed E-state index contributed by atoms with van der Waals surface area (Å²) >= 11 is 0. The first-order chi connectivity index (χ1) is 14.5. The second-order valence-electron chi connectivity index (χ2n) is 5.96. The number of nitrogens with one attached hydrogen (secondary N) is 2. The number of carbonyl (C=O) groups is 2. The van der Waals surface area contributed by atoms with Crippen molar-refractivity contribution in [1.29, 1.82) is 0 Å². The summed E-state index contributed by atoms with van der Waals surface area (Å²) in [7, 11) is 3.25. The minimum absolute atomic E-state index is 0.119. The fraction of sp³-hybridized carbons (Fsp3) is 0.600. The number of hydrogen-bond donors (Lipinski definition) is 3. The number of benzene rings is 1. The molecule has 0 bridgehead atoms. The van der Waals surface area contributed by atoms with E-state index in [1.165, 1.54) is 12.1 Å². The molecule has 2 amide bonds.